The fourth-order valence-corrected chi connectivity index (χ4v) is 1.42. The zero-order valence-electron chi connectivity index (χ0n) is 8.13. The van der Waals surface area contributed by atoms with Crippen LogP contribution in [0.15, 0.2) is 37.0 Å². The Morgan fingerprint density at radius 2 is 2.38 bits per heavy atom. The summed E-state index contributed by atoms with van der Waals surface area (Å²) in [7, 11) is 0. The minimum Gasteiger partial charge on any atom is -0.304 e. The molecule has 0 aromatic heterocycles. The van der Waals surface area contributed by atoms with E-state index in [2.05, 4.69) is 23.4 Å². The minimum absolute atomic E-state index is 0.956. The van der Waals surface area contributed by atoms with E-state index in [0.29, 0.717) is 0 Å². The van der Waals surface area contributed by atoms with Crippen molar-refractivity contribution in [1.82, 2.24) is 10.2 Å². The highest BCUT2D eigenvalue weighted by molar-refractivity contribution is 5.19. The summed E-state index contributed by atoms with van der Waals surface area (Å²) in [5, 5.41) is 3.34. The molecule has 2 heteroatoms. The van der Waals surface area contributed by atoms with E-state index < -0.39 is 0 Å². The molecule has 0 saturated carbocycles. The highest BCUT2D eigenvalue weighted by Gasteiger charge is 2.08. The number of nitrogens with zero attached hydrogens (tertiary/aromatic N) is 1. The second-order valence-electron chi connectivity index (χ2n) is 3.32. The molecule has 0 atom stereocenters. The lowest BCUT2D eigenvalue weighted by Crippen LogP contribution is -2.42. The molecule has 0 radical (unpaired) electrons. The standard InChI is InChI=1S/C11H18N2/c1-3-4-6-11(2)9-13-8-5-7-12-10-13/h3-4,6,12H,1-2,5,7-10H2/b6-4-. The van der Waals surface area contributed by atoms with Crippen LogP contribution >= 0.6 is 0 Å². The number of allylic oxidation sites excluding steroid dienone is 2. The van der Waals surface area contributed by atoms with Crippen LogP contribution in [-0.2, 0) is 0 Å². The third kappa shape index (κ3) is 4.06. The van der Waals surface area contributed by atoms with Crippen LogP contribution in [0.4, 0.5) is 0 Å². The average molecular weight is 178 g/mol. The number of nitrogens with one attached hydrogen (secondary N) is 1. The van der Waals surface area contributed by atoms with Crippen LogP contribution in [0.3, 0.4) is 0 Å². The van der Waals surface area contributed by atoms with Gasteiger partial charge in [-0.05, 0) is 18.5 Å². The van der Waals surface area contributed by atoms with Crippen molar-refractivity contribution < 1.29 is 0 Å². The molecule has 1 heterocycles. The highest BCUT2D eigenvalue weighted by atomic mass is 15.2. The third-order valence-corrected chi connectivity index (χ3v) is 2.06. The topological polar surface area (TPSA) is 15.3 Å². The largest absolute Gasteiger partial charge is 0.304 e. The molecule has 0 bridgehead atoms. The highest BCUT2D eigenvalue weighted by Crippen LogP contribution is 2.01. The number of hydrogen-bond donors (Lipinski definition) is 1. The summed E-state index contributed by atoms with van der Waals surface area (Å²) in [5.74, 6) is 0. The van der Waals surface area contributed by atoms with Crippen molar-refractivity contribution in [3.63, 3.8) is 0 Å². The van der Waals surface area contributed by atoms with Crippen LogP contribution in [0.1, 0.15) is 6.42 Å². The fourth-order valence-electron chi connectivity index (χ4n) is 1.42. The molecule has 13 heavy (non-hydrogen) atoms. The number of hydrogen-bond acceptors (Lipinski definition) is 2. The van der Waals surface area contributed by atoms with Gasteiger partial charge in [0, 0.05) is 19.8 Å². The van der Waals surface area contributed by atoms with Gasteiger partial charge >= 0.3 is 0 Å². The fraction of sp³-hybridized carbons (Fsp3) is 0.455. The van der Waals surface area contributed by atoms with Crippen molar-refractivity contribution in [2.45, 2.75) is 6.42 Å². The summed E-state index contributed by atoms with van der Waals surface area (Å²) in [5.41, 5.74) is 1.14. The second-order valence-corrected chi connectivity index (χ2v) is 3.32. The van der Waals surface area contributed by atoms with Crippen LogP contribution in [0.5, 0.6) is 0 Å². The van der Waals surface area contributed by atoms with Gasteiger partial charge in [-0.3, -0.25) is 4.90 Å². The van der Waals surface area contributed by atoms with Crippen LogP contribution in [0, 0.1) is 0 Å². The van der Waals surface area contributed by atoms with E-state index in [9.17, 15) is 0 Å². The first kappa shape index (κ1) is 10.2. The lowest BCUT2D eigenvalue weighted by molar-refractivity contribution is 0.234. The Balaban J connectivity index is 2.25. The van der Waals surface area contributed by atoms with E-state index >= 15 is 0 Å². The molecule has 0 aromatic rings. The van der Waals surface area contributed by atoms with Gasteiger partial charge in [0.15, 0.2) is 0 Å². The van der Waals surface area contributed by atoms with Gasteiger partial charge < -0.3 is 5.32 Å². The molecule has 0 aromatic carbocycles. The molecule has 72 valence electrons. The van der Waals surface area contributed by atoms with Gasteiger partial charge in [0.25, 0.3) is 0 Å². The van der Waals surface area contributed by atoms with E-state index in [4.69, 9.17) is 0 Å². The van der Waals surface area contributed by atoms with Crippen molar-refractivity contribution in [1.29, 1.82) is 0 Å². The monoisotopic (exact) mass is 178 g/mol. The van der Waals surface area contributed by atoms with Crippen LogP contribution in [-0.4, -0.2) is 31.2 Å². The molecule has 0 unspecified atom stereocenters. The maximum Gasteiger partial charge on any atom is 0.0483 e. The van der Waals surface area contributed by atoms with Crippen LogP contribution < -0.4 is 5.32 Å². The van der Waals surface area contributed by atoms with Gasteiger partial charge in [-0.1, -0.05) is 31.4 Å². The summed E-state index contributed by atoms with van der Waals surface area (Å²) >= 11 is 0. The van der Waals surface area contributed by atoms with Gasteiger partial charge in [-0.15, -0.1) is 0 Å². The zero-order chi connectivity index (χ0) is 9.52. The molecule has 1 saturated heterocycles. The maximum absolute atomic E-state index is 3.98. The Morgan fingerprint density at radius 1 is 1.54 bits per heavy atom. The Labute approximate surface area is 80.6 Å². The van der Waals surface area contributed by atoms with Crippen molar-refractivity contribution in [3.8, 4) is 0 Å². The van der Waals surface area contributed by atoms with Crippen molar-refractivity contribution in [2.24, 2.45) is 0 Å². The normalized spacial score (nSPS) is 19.1. The molecule has 1 aliphatic heterocycles. The molecule has 1 rings (SSSR count). The smallest absolute Gasteiger partial charge is 0.0483 e. The minimum atomic E-state index is 0.956. The molecule has 1 aliphatic rings. The summed E-state index contributed by atoms with van der Waals surface area (Å²) < 4.78 is 0. The molecular weight excluding hydrogens is 160 g/mol. The van der Waals surface area contributed by atoms with E-state index in [1.54, 1.807) is 6.08 Å². The third-order valence-electron chi connectivity index (χ3n) is 2.06. The van der Waals surface area contributed by atoms with Gasteiger partial charge in [0.05, 0.1) is 0 Å². The summed E-state index contributed by atoms with van der Waals surface area (Å²) in [6.45, 7) is 11.9. The first-order valence-electron chi connectivity index (χ1n) is 4.73. The number of rotatable bonds is 4. The molecule has 0 amide bonds. The second kappa shape index (κ2) is 5.73. The van der Waals surface area contributed by atoms with E-state index in [1.807, 2.05) is 12.2 Å². The Hall–Kier alpha value is -0.860. The lowest BCUT2D eigenvalue weighted by Gasteiger charge is -2.27. The Bertz CT molecular complexity index is 200. The van der Waals surface area contributed by atoms with Crippen molar-refractivity contribution in [3.05, 3.63) is 37.0 Å². The SMILES string of the molecule is C=C/C=C\C(=C)CN1CCCNC1. The van der Waals surface area contributed by atoms with Crippen molar-refractivity contribution in [2.75, 3.05) is 26.3 Å². The van der Waals surface area contributed by atoms with Gasteiger partial charge in [-0.25, -0.2) is 0 Å². The molecule has 1 fully saturated rings. The Kier molecular flexibility index (Phi) is 4.50. The predicted octanol–water partition coefficient (Wildman–Crippen LogP) is 1.54. The summed E-state index contributed by atoms with van der Waals surface area (Å²) in [4.78, 5) is 2.36. The van der Waals surface area contributed by atoms with E-state index in [-0.39, 0.29) is 0 Å². The average Bonchev–Trinajstić information content (AvgIpc) is 2.16. The van der Waals surface area contributed by atoms with Gasteiger partial charge in [0.2, 0.25) is 0 Å². The molecule has 2 nitrogen and oxygen atoms in total. The van der Waals surface area contributed by atoms with Crippen LogP contribution in [0.2, 0.25) is 0 Å². The van der Waals surface area contributed by atoms with E-state index in [1.165, 1.54) is 13.0 Å². The molecule has 1 N–H and O–H groups in total. The summed E-state index contributed by atoms with van der Waals surface area (Å²) in [6.07, 6.45) is 6.96. The predicted molar refractivity (Wildman–Crippen MR) is 57.5 cm³/mol. The van der Waals surface area contributed by atoms with Crippen molar-refractivity contribution >= 4 is 0 Å². The molecule has 0 spiro atoms. The zero-order valence-corrected chi connectivity index (χ0v) is 8.13. The quantitative estimate of drug-likeness (QED) is 0.657. The molecule has 0 aliphatic carbocycles. The summed E-state index contributed by atoms with van der Waals surface area (Å²) in [6, 6.07) is 0. The first-order valence-corrected chi connectivity index (χ1v) is 4.73. The first-order chi connectivity index (χ1) is 6.33. The van der Waals surface area contributed by atoms with Gasteiger partial charge in [-0.2, -0.15) is 0 Å². The lowest BCUT2D eigenvalue weighted by atomic mass is 10.2. The van der Waals surface area contributed by atoms with Crippen LogP contribution in [0.25, 0.3) is 0 Å². The van der Waals surface area contributed by atoms with Gasteiger partial charge in [0.1, 0.15) is 0 Å². The maximum atomic E-state index is 3.98. The van der Waals surface area contributed by atoms with E-state index in [0.717, 1.165) is 25.3 Å². The molecular formula is C11H18N2. The Morgan fingerprint density at radius 3 is 3.00 bits per heavy atom.